The zero-order valence-electron chi connectivity index (χ0n) is 19.6. The van der Waals surface area contributed by atoms with Crippen molar-refractivity contribution in [3.8, 4) is 10.4 Å². The first-order valence-corrected chi connectivity index (χ1v) is 12.6. The van der Waals surface area contributed by atoms with Crippen molar-refractivity contribution in [1.82, 2.24) is 24.4 Å². The van der Waals surface area contributed by atoms with Gasteiger partial charge in [-0.1, -0.05) is 12.6 Å². The summed E-state index contributed by atoms with van der Waals surface area (Å²) < 4.78 is 2.07. The molecule has 9 nitrogen and oxygen atoms in total. The fourth-order valence-corrected chi connectivity index (χ4v) is 5.47. The topological polar surface area (TPSA) is 113 Å². The van der Waals surface area contributed by atoms with E-state index < -0.39 is 0 Å². The van der Waals surface area contributed by atoms with Crippen LogP contribution in [0.15, 0.2) is 61.7 Å². The van der Waals surface area contributed by atoms with E-state index in [1.165, 1.54) is 23.7 Å². The summed E-state index contributed by atoms with van der Waals surface area (Å²) in [5, 5.41) is 12.6. The first-order valence-electron chi connectivity index (χ1n) is 11.8. The van der Waals surface area contributed by atoms with Gasteiger partial charge in [-0.15, -0.1) is 11.3 Å². The number of likely N-dealkylation sites (tertiary alicyclic amines) is 1. The maximum absolute atomic E-state index is 13.3. The molecular weight excluding hydrogens is 476 g/mol. The SMILES string of the molecule is C=CC(=O)N1CCC[C@@H](n2c(NC(=O)c3ccc(-c4cncnc4)s3)nc3cc(CO)ccc32)CC1. The largest absolute Gasteiger partial charge is 0.392 e. The van der Waals surface area contributed by atoms with Crippen molar-refractivity contribution in [3.05, 3.63) is 72.1 Å². The van der Waals surface area contributed by atoms with Crippen LogP contribution in [0, 0.1) is 0 Å². The first-order chi connectivity index (χ1) is 17.6. The number of nitrogens with one attached hydrogen (secondary N) is 1. The van der Waals surface area contributed by atoms with Crippen molar-refractivity contribution in [2.24, 2.45) is 0 Å². The predicted octanol–water partition coefficient (Wildman–Crippen LogP) is 4.04. The van der Waals surface area contributed by atoms with Crippen molar-refractivity contribution < 1.29 is 14.7 Å². The lowest BCUT2D eigenvalue weighted by atomic mass is 10.1. The van der Waals surface area contributed by atoms with Crippen LogP contribution in [0.1, 0.15) is 40.5 Å². The molecular formula is C26H26N6O3S. The number of rotatable bonds is 6. The maximum atomic E-state index is 13.3. The summed E-state index contributed by atoms with van der Waals surface area (Å²) in [6, 6.07) is 9.34. The van der Waals surface area contributed by atoms with Crippen LogP contribution >= 0.6 is 11.3 Å². The number of aromatic nitrogens is 4. The van der Waals surface area contributed by atoms with Gasteiger partial charge in [-0.2, -0.15) is 0 Å². The van der Waals surface area contributed by atoms with Gasteiger partial charge in [0.05, 0.1) is 22.5 Å². The number of aliphatic hydroxyl groups excluding tert-OH is 1. The van der Waals surface area contributed by atoms with Gasteiger partial charge in [-0.05, 0) is 55.2 Å². The van der Waals surface area contributed by atoms with Gasteiger partial charge in [-0.3, -0.25) is 14.9 Å². The van der Waals surface area contributed by atoms with E-state index in [0.717, 1.165) is 40.8 Å². The number of carbonyl (C=O) groups is 2. The Kier molecular flexibility index (Phi) is 6.88. The Morgan fingerprint density at radius 2 is 2.00 bits per heavy atom. The van der Waals surface area contributed by atoms with E-state index in [1.54, 1.807) is 18.5 Å². The highest BCUT2D eigenvalue weighted by Gasteiger charge is 2.25. The Balaban J connectivity index is 1.46. The minimum Gasteiger partial charge on any atom is -0.392 e. The van der Waals surface area contributed by atoms with Gasteiger partial charge in [0.2, 0.25) is 11.9 Å². The average molecular weight is 503 g/mol. The quantitative estimate of drug-likeness (QED) is 0.385. The number of hydrogen-bond acceptors (Lipinski definition) is 7. The molecule has 4 heterocycles. The molecule has 0 bridgehead atoms. The molecule has 1 atom stereocenters. The second-order valence-corrected chi connectivity index (χ2v) is 9.73. The zero-order chi connectivity index (χ0) is 25.1. The Morgan fingerprint density at radius 3 is 2.78 bits per heavy atom. The molecule has 0 radical (unpaired) electrons. The summed E-state index contributed by atoms with van der Waals surface area (Å²) in [5.41, 5.74) is 3.18. The van der Waals surface area contributed by atoms with E-state index in [2.05, 4.69) is 26.4 Å². The van der Waals surface area contributed by atoms with Crippen LogP contribution in [-0.4, -0.2) is 54.4 Å². The summed E-state index contributed by atoms with van der Waals surface area (Å²) >= 11 is 1.36. The van der Waals surface area contributed by atoms with Crippen LogP contribution in [0.4, 0.5) is 5.95 Å². The Hall–Kier alpha value is -3.89. The lowest BCUT2D eigenvalue weighted by Crippen LogP contribution is -2.30. The number of hydrogen-bond donors (Lipinski definition) is 2. The van der Waals surface area contributed by atoms with Crippen molar-refractivity contribution in [1.29, 1.82) is 0 Å². The summed E-state index contributed by atoms with van der Waals surface area (Å²) in [6.07, 6.45) is 8.65. The van der Waals surface area contributed by atoms with Gasteiger partial charge < -0.3 is 14.6 Å². The normalized spacial score (nSPS) is 16.0. The van der Waals surface area contributed by atoms with Crippen molar-refractivity contribution in [3.63, 3.8) is 0 Å². The van der Waals surface area contributed by atoms with Gasteiger partial charge >= 0.3 is 0 Å². The van der Waals surface area contributed by atoms with E-state index in [4.69, 9.17) is 4.98 Å². The number of nitrogens with zero attached hydrogens (tertiary/aromatic N) is 5. The fourth-order valence-electron chi connectivity index (χ4n) is 4.59. The van der Waals surface area contributed by atoms with E-state index >= 15 is 0 Å². The molecule has 1 aliphatic heterocycles. The maximum Gasteiger partial charge on any atom is 0.268 e. The number of carbonyl (C=O) groups excluding carboxylic acids is 2. The van der Waals surface area contributed by atoms with Crippen LogP contribution in [0.5, 0.6) is 0 Å². The van der Waals surface area contributed by atoms with E-state index in [0.29, 0.717) is 29.4 Å². The Morgan fingerprint density at radius 1 is 1.17 bits per heavy atom. The smallest absolute Gasteiger partial charge is 0.268 e. The molecule has 5 rings (SSSR count). The Bertz CT molecular complexity index is 1410. The highest BCUT2D eigenvalue weighted by Crippen LogP contribution is 2.33. The van der Waals surface area contributed by atoms with Crippen LogP contribution < -0.4 is 5.32 Å². The highest BCUT2D eigenvalue weighted by atomic mass is 32.1. The van der Waals surface area contributed by atoms with Crippen LogP contribution in [0.3, 0.4) is 0 Å². The number of imidazole rings is 1. The summed E-state index contributed by atoms with van der Waals surface area (Å²) in [7, 11) is 0. The van der Waals surface area contributed by atoms with Gasteiger partial charge in [0.25, 0.3) is 5.91 Å². The standard InChI is InChI=1S/C26H26N6O3S/c1-2-24(34)31-10-3-4-19(9-11-31)32-21-6-5-17(15-33)12-20(21)29-26(32)30-25(35)23-8-7-22(36-23)18-13-27-16-28-14-18/h2,5-8,12-14,16,19,33H,1,3-4,9-11,15H2,(H,29,30,35)/t19-/m1/s1. The molecule has 1 saturated heterocycles. The monoisotopic (exact) mass is 502 g/mol. The third-order valence-electron chi connectivity index (χ3n) is 6.39. The van der Waals surface area contributed by atoms with E-state index in [9.17, 15) is 14.7 Å². The van der Waals surface area contributed by atoms with Crippen molar-refractivity contribution in [2.75, 3.05) is 18.4 Å². The molecule has 0 saturated carbocycles. The molecule has 184 valence electrons. The van der Waals surface area contributed by atoms with Gasteiger partial charge in [0.1, 0.15) is 6.33 Å². The summed E-state index contributed by atoms with van der Waals surface area (Å²) in [4.78, 5) is 41.5. The molecule has 3 aromatic heterocycles. The molecule has 1 aliphatic rings. The summed E-state index contributed by atoms with van der Waals surface area (Å²) in [5.74, 6) is 0.139. The number of fused-ring (bicyclic) bond motifs is 1. The molecule has 2 N–H and O–H groups in total. The van der Waals surface area contributed by atoms with Crippen molar-refractivity contribution >= 4 is 40.1 Å². The number of aliphatic hydroxyl groups is 1. The van der Waals surface area contributed by atoms with Gasteiger partial charge in [0, 0.05) is 42.0 Å². The average Bonchev–Trinajstić information content (AvgIpc) is 3.46. The van der Waals surface area contributed by atoms with Crippen LogP contribution in [0.25, 0.3) is 21.5 Å². The fraction of sp³-hybridized carbons (Fsp3) is 0.269. The minimum atomic E-state index is -0.251. The van der Waals surface area contributed by atoms with Crippen molar-refractivity contribution in [2.45, 2.75) is 31.9 Å². The molecule has 0 spiro atoms. The molecule has 10 heteroatoms. The predicted molar refractivity (Wildman–Crippen MR) is 139 cm³/mol. The second kappa shape index (κ2) is 10.4. The Labute approximate surface area is 212 Å². The third-order valence-corrected chi connectivity index (χ3v) is 7.52. The third kappa shape index (κ3) is 4.77. The highest BCUT2D eigenvalue weighted by molar-refractivity contribution is 7.17. The molecule has 1 aromatic carbocycles. The van der Waals surface area contributed by atoms with Crippen LogP contribution in [0.2, 0.25) is 0 Å². The molecule has 0 unspecified atom stereocenters. The van der Waals surface area contributed by atoms with Gasteiger partial charge in [-0.25, -0.2) is 15.0 Å². The minimum absolute atomic E-state index is 0.0493. The molecule has 1 fully saturated rings. The number of anilines is 1. The number of amides is 2. The molecule has 2 amide bonds. The van der Waals surface area contributed by atoms with E-state index in [-0.39, 0.29) is 24.5 Å². The molecule has 0 aliphatic carbocycles. The second-order valence-electron chi connectivity index (χ2n) is 8.65. The van der Waals surface area contributed by atoms with Gasteiger partial charge in [0.15, 0.2) is 0 Å². The lowest BCUT2D eigenvalue weighted by Gasteiger charge is -2.21. The van der Waals surface area contributed by atoms with E-state index in [1.807, 2.05) is 29.2 Å². The molecule has 4 aromatic rings. The lowest BCUT2D eigenvalue weighted by molar-refractivity contribution is -0.125. The number of thiophene rings is 1. The molecule has 36 heavy (non-hydrogen) atoms. The summed E-state index contributed by atoms with van der Waals surface area (Å²) in [6.45, 7) is 4.79. The van der Waals surface area contributed by atoms with Crippen LogP contribution in [-0.2, 0) is 11.4 Å². The number of benzene rings is 1. The zero-order valence-corrected chi connectivity index (χ0v) is 20.4. The first kappa shape index (κ1) is 23.8.